The minimum Gasteiger partial charge on any atom is -0.477 e. The number of amides is 4. The van der Waals surface area contributed by atoms with Gasteiger partial charge >= 0.3 is 23.8 Å². The Morgan fingerprint density at radius 2 is 1.19 bits per heavy atom. The van der Waals surface area contributed by atoms with E-state index in [1.807, 2.05) is 0 Å². The molecule has 10 nitrogen and oxygen atoms in total. The number of hydrogen-bond donors (Lipinski definition) is 2. The van der Waals surface area contributed by atoms with Crippen LogP contribution in [0.4, 0.5) is 0 Å². The second-order valence-corrected chi connectivity index (χ2v) is 7.71. The molecule has 4 rings (SSSR count). The monoisotopic (exact) mass is 437 g/mol. The molecule has 2 unspecified atom stereocenters. The Balaban J connectivity index is 2.07. The highest BCUT2D eigenvalue weighted by Crippen LogP contribution is 2.45. The Kier molecular flexibility index (Phi) is 4.38. The smallest absolute Gasteiger partial charge is 0.389 e. The molecule has 2 aliphatic rings. The number of fused-ring (bicyclic) bond motifs is 2. The molecule has 2 aromatic carbocycles. The molecule has 0 fully saturated rings. The average Bonchev–Trinajstić information content (AvgIpc) is 3.16. The first-order valence-electron chi connectivity index (χ1n) is 9.54. The van der Waals surface area contributed by atoms with Gasteiger partial charge < -0.3 is 10.2 Å². The van der Waals surface area contributed by atoms with Crippen molar-refractivity contribution in [1.29, 1.82) is 0 Å². The summed E-state index contributed by atoms with van der Waals surface area (Å²) in [5.41, 5.74) is -3.48. The molecule has 2 aliphatic heterocycles. The van der Waals surface area contributed by atoms with E-state index in [0.29, 0.717) is 4.90 Å². The quantitative estimate of drug-likeness (QED) is 0.527. The van der Waals surface area contributed by atoms with E-state index in [1.54, 1.807) is 0 Å². The standard InChI is InChI=1S/C22H16N2O8/c1-11(20(29)30)24(18(27)14-9-5-6-10-15(14)19(24)28)22(2,21(31)32)23-16(25)12-7-3-4-8-13(12)17(23)26/h3-11H,1-2H3,(H-,29,30,31,32)/p+1. The zero-order valence-electron chi connectivity index (χ0n) is 16.9. The topological polar surface area (TPSA) is 146 Å². The number of carbonyl (C=O) groups is 6. The number of nitrogens with zero attached hydrogens (tertiary/aromatic N) is 2. The van der Waals surface area contributed by atoms with Crippen molar-refractivity contribution in [3.63, 3.8) is 0 Å². The first kappa shape index (κ1) is 21.1. The lowest BCUT2D eigenvalue weighted by Gasteiger charge is -2.46. The van der Waals surface area contributed by atoms with E-state index >= 15 is 0 Å². The molecule has 0 spiro atoms. The zero-order chi connectivity index (χ0) is 23.6. The fourth-order valence-electron chi connectivity index (χ4n) is 4.61. The largest absolute Gasteiger partial charge is 0.477 e. The van der Waals surface area contributed by atoms with Crippen molar-refractivity contribution in [2.45, 2.75) is 25.6 Å². The van der Waals surface area contributed by atoms with Gasteiger partial charge in [-0.25, -0.2) is 24.1 Å². The maximum atomic E-state index is 13.6. The lowest BCUT2D eigenvalue weighted by atomic mass is 9.99. The van der Waals surface area contributed by atoms with Crippen LogP contribution in [-0.4, -0.2) is 66.9 Å². The van der Waals surface area contributed by atoms with Crippen LogP contribution in [0.15, 0.2) is 48.5 Å². The Morgan fingerprint density at radius 3 is 1.53 bits per heavy atom. The molecule has 4 amide bonds. The van der Waals surface area contributed by atoms with Crippen LogP contribution < -0.4 is 0 Å². The third kappa shape index (κ3) is 2.21. The number of imide groups is 2. The Morgan fingerprint density at radius 1 is 0.812 bits per heavy atom. The highest BCUT2D eigenvalue weighted by atomic mass is 16.4. The van der Waals surface area contributed by atoms with Gasteiger partial charge in [-0.15, -0.1) is 4.48 Å². The van der Waals surface area contributed by atoms with Crippen molar-refractivity contribution in [1.82, 2.24) is 4.90 Å². The summed E-state index contributed by atoms with van der Waals surface area (Å²) >= 11 is 0. The van der Waals surface area contributed by atoms with Gasteiger partial charge in [0.25, 0.3) is 17.5 Å². The average molecular weight is 437 g/mol. The number of hydrogen-bond acceptors (Lipinski definition) is 6. The van der Waals surface area contributed by atoms with Gasteiger partial charge in [0.2, 0.25) is 6.04 Å². The van der Waals surface area contributed by atoms with Gasteiger partial charge in [-0.3, -0.25) is 9.59 Å². The molecule has 0 saturated heterocycles. The molecule has 0 radical (unpaired) electrons. The molecular weight excluding hydrogens is 420 g/mol. The maximum absolute atomic E-state index is 13.6. The van der Waals surface area contributed by atoms with Crippen molar-refractivity contribution in [3.8, 4) is 0 Å². The van der Waals surface area contributed by atoms with Crippen molar-refractivity contribution in [3.05, 3.63) is 70.8 Å². The van der Waals surface area contributed by atoms with Crippen LogP contribution in [-0.2, 0) is 9.59 Å². The second kappa shape index (κ2) is 6.66. The first-order valence-corrected chi connectivity index (χ1v) is 9.54. The van der Waals surface area contributed by atoms with E-state index in [4.69, 9.17) is 0 Å². The Labute approximate surface area is 180 Å². The molecule has 2 aromatic rings. The molecule has 2 heterocycles. The van der Waals surface area contributed by atoms with Crippen molar-refractivity contribution in [2.75, 3.05) is 0 Å². The summed E-state index contributed by atoms with van der Waals surface area (Å²) in [4.78, 5) is 78.9. The van der Waals surface area contributed by atoms with Gasteiger partial charge in [0.05, 0.1) is 22.3 Å². The predicted molar refractivity (Wildman–Crippen MR) is 105 cm³/mol. The van der Waals surface area contributed by atoms with Crippen LogP contribution in [0.5, 0.6) is 0 Å². The summed E-state index contributed by atoms with van der Waals surface area (Å²) in [6, 6.07) is 9.05. The molecule has 2 atom stereocenters. The molecule has 32 heavy (non-hydrogen) atoms. The van der Waals surface area contributed by atoms with Gasteiger partial charge in [-0.1, -0.05) is 24.3 Å². The SMILES string of the molecule is CC(C(=O)O)[N+]1(C(C)(C(=O)O)N2C(=O)c3ccccc3C2=O)C(=O)c2ccccc2C1=O. The maximum Gasteiger partial charge on any atom is 0.389 e. The summed E-state index contributed by atoms with van der Waals surface area (Å²) < 4.78 is -1.82. The van der Waals surface area contributed by atoms with Gasteiger partial charge in [0, 0.05) is 13.8 Å². The van der Waals surface area contributed by atoms with Crippen molar-refractivity contribution < 1.29 is 43.5 Å². The first-order chi connectivity index (χ1) is 15.0. The Hall–Kier alpha value is -4.18. The minimum absolute atomic E-state index is 0.109. The van der Waals surface area contributed by atoms with Crippen LogP contribution in [0.3, 0.4) is 0 Å². The van der Waals surface area contributed by atoms with E-state index in [-0.39, 0.29) is 22.3 Å². The summed E-state index contributed by atoms with van der Waals surface area (Å²) in [7, 11) is 0. The van der Waals surface area contributed by atoms with Gasteiger partial charge in [0.15, 0.2) is 0 Å². The van der Waals surface area contributed by atoms with Gasteiger partial charge in [0.1, 0.15) is 0 Å². The molecule has 0 saturated carbocycles. The molecule has 10 heteroatoms. The van der Waals surface area contributed by atoms with Crippen LogP contribution in [0.25, 0.3) is 0 Å². The summed E-state index contributed by atoms with van der Waals surface area (Å²) in [6.45, 7) is 1.86. The van der Waals surface area contributed by atoms with Crippen LogP contribution in [0.1, 0.15) is 55.3 Å². The molecule has 0 aliphatic carbocycles. The van der Waals surface area contributed by atoms with E-state index in [1.165, 1.54) is 48.5 Å². The summed E-state index contributed by atoms with van der Waals surface area (Å²) in [6.07, 6.45) is 0. The third-order valence-electron chi connectivity index (χ3n) is 6.29. The van der Waals surface area contributed by atoms with Gasteiger partial charge in [-0.2, -0.15) is 0 Å². The fraction of sp³-hybridized carbons (Fsp3) is 0.182. The normalized spacial score (nSPS) is 19.4. The van der Waals surface area contributed by atoms with Crippen LogP contribution >= 0.6 is 0 Å². The second-order valence-electron chi connectivity index (χ2n) is 7.71. The third-order valence-corrected chi connectivity index (χ3v) is 6.29. The number of aliphatic carboxylic acids is 2. The molecule has 0 bridgehead atoms. The van der Waals surface area contributed by atoms with Crippen molar-refractivity contribution in [2.24, 2.45) is 0 Å². The molecule has 2 N–H and O–H groups in total. The minimum atomic E-state index is -2.89. The van der Waals surface area contributed by atoms with Gasteiger partial charge in [-0.05, 0) is 24.3 Å². The highest BCUT2D eigenvalue weighted by molar-refractivity contribution is 6.24. The zero-order valence-corrected chi connectivity index (χ0v) is 16.9. The number of carboxylic acid groups (broad SMARTS) is 2. The number of benzene rings is 2. The Bertz CT molecular complexity index is 1200. The summed E-state index contributed by atoms with van der Waals surface area (Å²) in [5, 5.41) is 20.1. The molecular formula is C22H17N2O8+. The highest BCUT2D eigenvalue weighted by Gasteiger charge is 2.76. The fourth-order valence-corrected chi connectivity index (χ4v) is 4.61. The predicted octanol–water partition coefficient (Wildman–Crippen LogP) is 1.37. The number of quaternary nitrogens is 1. The summed E-state index contributed by atoms with van der Waals surface area (Å²) in [5.74, 6) is -7.86. The van der Waals surface area contributed by atoms with E-state index in [2.05, 4.69) is 0 Å². The van der Waals surface area contributed by atoms with E-state index < -0.39 is 51.8 Å². The number of rotatable bonds is 5. The van der Waals surface area contributed by atoms with E-state index in [9.17, 15) is 39.0 Å². The van der Waals surface area contributed by atoms with Crippen LogP contribution in [0, 0.1) is 0 Å². The molecule has 0 aromatic heterocycles. The number of carboxylic acids is 2. The van der Waals surface area contributed by atoms with Crippen LogP contribution in [0.2, 0.25) is 0 Å². The molecule has 162 valence electrons. The van der Waals surface area contributed by atoms with Crippen molar-refractivity contribution >= 4 is 35.6 Å². The number of carbonyl (C=O) groups excluding carboxylic acids is 4. The lowest BCUT2D eigenvalue weighted by Crippen LogP contribution is -2.80. The lowest BCUT2D eigenvalue weighted by molar-refractivity contribution is -0.835. The van der Waals surface area contributed by atoms with E-state index in [0.717, 1.165) is 13.8 Å².